The van der Waals surface area contributed by atoms with Gasteiger partial charge in [-0.15, -0.1) is 0 Å². The first kappa shape index (κ1) is 15.3. The molecule has 0 bridgehead atoms. The van der Waals surface area contributed by atoms with Crippen LogP contribution >= 0.6 is 0 Å². The highest BCUT2D eigenvalue weighted by atomic mass is 16.2. The van der Waals surface area contributed by atoms with E-state index in [1.807, 2.05) is 17.9 Å². The number of rotatable bonds is 3. The number of piperazine rings is 1. The summed E-state index contributed by atoms with van der Waals surface area (Å²) in [4.78, 5) is 25.3. The summed E-state index contributed by atoms with van der Waals surface area (Å²) in [6.45, 7) is 6.13. The van der Waals surface area contributed by atoms with Gasteiger partial charge in [0.05, 0.1) is 0 Å². The molecule has 128 valence electrons. The Balaban J connectivity index is 1.42. The van der Waals surface area contributed by atoms with Crippen LogP contribution in [0, 0.1) is 6.92 Å². The first-order valence-electron chi connectivity index (χ1n) is 8.64. The predicted molar refractivity (Wildman–Crippen MR) is 90.0 cm³/mol. The van der Waals surface area contributed by atoms with E-state index in [1.54, 1.807) is 4.52 Å². The topological polar surface area (TPSA) is 78.7 Å². The Kier molecular flexibility index (Phi) is 4.05. The number of anilines is 1. The molecule has 1 amide bonds. The molecule has 2 aliphatic heterocycles. The fourth-order valence-electron chi connectivity index (χ4n) is 3.59. The zero-order valence-corrected chi connectivity index (χ0v) is 14.0. The van der Waals surface area contributed by atoms with Gasteiger partial charge in [-0.25, -0.2) is 4.98 Å². The van der Waals surface area contributed by atoms with Crippen LogP contribution < -0.4 is 10.2 Å². The van der Waals surface area contributed by atoms with E-state index in [1.165, 1.54) is 12.7 Å². The average Bonchev–Trinajstić information content (AvgIpc) is 3.25. The summed E-state index contributed by atoms with van der Waals surface area (Å²) in [5.41, 5.74) is 0.927. The standard InChI is InChI=1S/C16H23N7O/c1-12-9-14(23-16(20-12)18-11-19-23)21-5-7-22(8-6-21)15(24)10-13-3-2-4-17-13/h9,11,13,17H,2-8,10H2,1H3. The SMILES string of the molecule is Cc1cc(N2CCN(C(=O)CC3CCCN3)CC2)n2ncnc2n1. The quantitative estimate of drug-likeness (QED) is 0.868. The smallest absolute Gasteiger partial charge is 0.254 e. The molecule has 2 fully saturated rings. The predicted octanol–water partition coefficient (Wildman–Crippen LogP) is 0.223. The molecule has 24 heavy (non-hydrogen) atoms. The molecule has 2 aromatic heterocycles. The first-order valence-corrected chi connectivity index (χ1v) is 8.64. The van der Waals surface area contributed by atoms with Crippen molar-refractivity contribution in [1.82, 2.24) is 29.8 Å². The van der Waals surface area contributed by atoms with Crippen molar-refractivity contribution in [3.8, 4) is 0 Å². The number of aryl methyl sites for hydroxylation is 1. The lowest BCUT2D eigenvalue weighted by molar-refractivity contribution is -0.131. The van der Waals surface area contributed by atoms with Crippen molar-refractivity contribution in [1.29, 1.82) is 0 Å². The van der Waals surface area contributed by atoms with E-state index in [0.717, 1.165) is 50.7 Å². The Labute approximate surface area is 140 Å². The Morgan fingerprint density at radius 3 is 2.92 bits per heavy atom. The van der Waals surface area contributed by atoms with Crippen LogP contribution in [0.5, 0.6) is 0 Å². The lowest BCUT2D eigenvalue weighted by Gasteiger charge is -2.36. The number of aromatic nitrogens is 4. The van der Waals surface area contributed by atoms with Crippen LogP contribution in [-0.2, 0) is 4.79 Å². The second kappa shape index (κ2) is 6.35. The molecule has 0 radical (unpaired) electrons. The number of carbonyl (C=O) groups excluding carboxylic acids is 1. The van der Waals surface area contributed by atoms with Gasteiger partial charge in [0.2, 0.25) is 5.91 Å². The van der Waals surface area contributed by atoms with Crippen molar-refractivity contribution in [2.24, 2.45) is 0 Å². The van der Waals surface area contributed by atoms with Crippen LogP contribution in [0.15, 0.2) is 12.4 Å². The van der Waals surface area contributed by atoms with Gasteiger partial charge >= 0.3 is 0 Å². The third kappa shape index (κ3) is 2.93. The minimum absolute atomic E-state index is 0.269. The van der Waals surface area contributed by atoms with E-state index >= 15 is 0 Å². The number of hydrogen-bond acceptors (Lipinski definition) is 6. The Bertz CT molecular complexity index is 729. The van der Waals surface area contributed by atoms with Gasteiger partial charge in [-0.2, -0.15) is 14.6 Å². The van der Waals surface area contributed by atoms with Crippen LogP contribution in [-0.4, -0.2) is 69.2 Å². The van der Waals surface area contributed by atoms with Gasteiger partial charge in [0.1, 0.15) is 12.1 Å². The number of carbonyl (C=O) groups is 1. The lowest BCUT2D eigenvalue weighted by Crippen LogP contribution is -2.50. The van der Waals surface area contributed by atoms with Gasteiger partial charge in [0, 0.05) is 50.4 Å². The summed E-state index contributed by atoms with van der Waals surface area (Å²) in [7, 11) is 0. The first-order chi connectivity index (χ1) is 11.7. The van der Waals surface area contributed by atoms with Gasteiger partial charge < -0.3 is 15.1 Å². The number of fused-ring (bicyclic) bond motifs is 1. The molecule has 2 aromatic rings. The summed E-state index contributed by atoms with van der Waals surface area (Å²) >= 11 is 0. The van der Waals surface area contributed by atoms with Crippen molar-refractivity contribution in [3.05, 3.63) is 18.1 Å². The molecule has 1 atom stereocenters. The van der Waals surface area contributed by atoms with E-state index < -0.39 is 0 Å². The summed E-state index contributed by atoms with van der Waals surface area (Å²) in [6, 6.07) is 2.40. The van der Waals surface area contributed by atoms with Crippen molar-refractivity contribution in [3.63, 3.8) is 0 Å². The van der Waals surface area contributed by atoms with Crippen molar-refractivity contribution < 1.29 is 4.79 Å². The van der Waals surface area contributed by atoms with Crippen LogP contribution in [0.25, 0.3) is 5.78 Å². The third-order valence-corrected chi connectivity index (χ3v) is 4.90. The minimum atomic E-state index is 0.269. The largest absolute Gasteiger partial charge is 0.353 e. The van der Waals surface area contributed by atoms with Crippen molar-refractivity contribution in [2.45, 2.75) is 32.2 Å². The van der Waals surface area contributed by atoms with Gasteiger partial charge in [-0.05, 0) is 26.3 Å². The monoisotopic (exact) mass is 329 g/mol. The summed E-state index contributed by atoms with van der Waals surface area (Å²) in [5, 5.41) is 7.67. The van der Waals surface area contributed by atoms with Gasteiger partial charge in [0.25, 0.3) is 5.78 Å². The minimum Gasteiger partial charge on any atom is -0.353 e. The van der Waals surface area contributed by atoms with Crippen LogP contribution in [0.3, 0.4) is 0 Å². The van der Waals surface area contributed by atoms with E-state index in [4.69, 9.17) is 0 Å². The third-order valence-electron chi connectivity index (χ3n) is 4.90. The molecular formula is C16H23N7O. The van der Waals surface area contributed by atoms with Gasteiger partial charge in [-0.3, -0.25) is 4.79 Å². The van der Waals surface area contributed by atoms with Crippen LogP contribution in [0.2, 0.25) is 0 Å². The second-order valence-electron chi connectivity index (χ2n) is 6.59. The zero-order valence-electron chi connectivity index (χ0n) is 14.0. The van der Waals surface area contributed by atoms with Crippen LogP contribution in [0.4, 0.5) is 5.82 Å². The highest BCUT2D eigenvalue weighted by molar-refractivity contribution is 5.77. The Hall–Kier alpha value is -2.22. The van der Waals surface area contributed by atoms with E-state index in [0.29, 0.717) is 18.2 Å². The summed E-state index contributed by atoms with van der Waals surface area (Å²) in [5.74, 6) is 1.89. The Morgan fingerprint density at radius 1 is 1.33 bits per heavy atom. The maximum atomic E-state index is 12.5. The molecule has 2 saturated heterocycles. The number of nitrogens with one attached hydrogen (secondary N) is 1. The molecule has 1 N–H and O–H groups in total. The molecule has 0 aromatic carbocycles. The summed E-state index contributed by atoms with van der Waals surface area (Å²) < 4.78 is 1.77. The molecule has 2 aliphatic rings. The average molecular weight is 329 g/mol. The van der Waals surface area contributed by atoms with E-state index in [-0.39, 0.29) is 5.91 Å². The van der Waals surface area contributed by atoms with Crippen molar-refractivity contribution >= 4 is 17.5 Å². The maximum absolute atomic E-state index is 12.5. The van der Waals surface area contributed by atoms with Crippen molar-refractivity contribution in [2.75, 3.05) is 37.6 Å². The fraction of sp³-hybridized carbons (Fsp3) is 0.625. The molecule has 0 saturated carbocycles. The highest BCUT2D eigenvalue weighted by Gasteiger charge is 2.26. The number of hydrogen-bond donors (Lipinski definition) is 1. The molecule has 8 heteroatoms. The molecule has 8 nitrogen and oxygen atoms in total. The van der Waals surface area contributed by atoms with E-state index in [9.17, 15) is 4.79 Å². The number of nitrogens with zero attached hydrogens (tertiary/aromatic N) is 6. The molecular weight excluding hydrogens is 306 g/mol. The fourth-order valence-corrected chi connectivity index (χ4v) is 3.59. The molecule has 4 rings (SSSR count). The Morgan fingerprint density at radius 2 is 2.17 bits per heavy atom. The molecule has 0 aliphatic carbocycles. The molecule has 0 spiro atoms. The van der Waals surface area contributed by atoms with Crippen LogP contribution in [0.1, 0.15) is 25.0 Å². The molecule has 4 heterocycles. The second-order valence-corrected chi connectivity index (χ2v) is 6.59. The number of amides is 1. The molecule has 1 unspecified atom stereocenters. The normalized spacial score (nSPS) is 21.6. The lowest BCUT2D eigenvalue weighted by atomic mass is 10.1. The maximum Gasteiger partial charge on any atom is 0.254 e. The van der Waals surface area contributed by atoms with Gasteiger partial charge in [-0.1, -0.05) is 0 Å². The van der Waals surface area contributed by atoms with Gasteiger partial charge in [0.15, 0.2) is 0 Å². The highest BCUT2D eigenvalue weighted by Crippen LogP contribution is 2.19. The zero-order chi connectivity index (χ0) is 16.5. The van der Waals surface area contributed by atoms with E-state index in [2.05, 4.69) is 25.3 Å². The summed E-state index contributed by atoms with van der Waals surface area (Å²) in [6.07, 6.45) is 4.45.